The minimum Gasteiger partial charge on any atom is -0.744 e. The monoisotopic (exact) mass is 594 g/mol. The predicted molar refractivity (Wildman–Crippen MR) is 172 cm³/mol. The third kappa shape index (κ3) is 16.3. The van der Waals surface area contributed by atoms with Crippen LogP contribution in [0.2, 0.25) is 0 Å². The summed E-state index contributed by atoms with van der Waals surface area (Å²) in [7, 11) is -4.52. The first-order valence-electron chi connectivity index (χ1n) is 17.0. The van der Waals surface area contributed by atoms with Crippen LogP contribution in [0.5, 0.6) is 0 Å². The van der Waals surface area contributed by atoms with E-state index in [2.05, 4.69) is 19.9 Å². The molecular weight excluding hydrogens is 535 g/mol. The van der Waals surface area contributed by atoms with Crippen LogP contribution in [-0.4, -0.2) is 13.0 Å². The second kappa shape index (κ2) is 24.0. The van der Waals surface area contributed by atoms with Gasteiger partial charge in [-0.25, -0.2) is 8.42 Å². The van der Waals surface area contributed by atoms with E-state index in [1.165, 1.54) is 116 Å². The predicted octanol–water partition coefficient (Wildman–Crippen LogP) is 8.45. The number of fused-ring (bicyclic) bond motifs is 1. The Labute approximate surface area is 276 Å². The van der Waals surface area contributed by atoms with Crippen molar-refractivity contribution in [3.05, 3.63) is 41.5 Å². The Bertz CT molecular complexity index is 1030. The van der Waals surface area contributed by atoms with E-state index in [0.717, 1.165) is 54.0 Å². The summed E-state index contributed by atoms with van der Waals surface area (Å²) in [5.41, 5.74) is 1.76. The second-order valence-electron chi connectivity index (χ2n) is 12.1. The maximum absolute atomic E-state index is 12.4. The Morgan fingerprint density at radius 2 is 0.902 bits per heavy atom. The normalized spacial score (nSPS) is 11.7. The van der Waals surface area contributed by atoms with Crippen LogP contribution in [-0.2, 0) is 23.0 Å². The van der Waals surface area contributed by atoms with E-state index in [0.29, 0.717) is 6.42 Å². The van der Waals surface area contributed by atoms with Crippen LogP contribution in [0.1, 0.15) is 166 Å². The SMILES string of the molecule is CCCCCCCCCCCCCc1cc(S(=O)(=O)[O-])c(CCCCCCCCCCCCC)c2ccccc12.[Na+]. The third-order valence-electron chi connectivity index (χ3n) is 8.55. The van der Waals surface area contributed by atoms with Crippen LogP contribution in [0.25, 0.3) is 10.8 Å². The first kappa shape index (κ1) is 38.6. The van der Waals surface area contributed by atoms with Gasteiger partial charge in [-0.05, 0) is 53.6 Å². The molecule has 0 unspecified atom stereocenters. The van der Waals surface area contributed by atoms with Crippen molar-refractivity contribution in [3.8, 4) is 0 Å². The summed E-state index contributed by atoms with van der Waals surface area (Å²) >= 11 is 0. The molecule has 0 fully saturated rings. The van der Waals surface area contributed by atoms with Crippen molar-refractivity contribution >= 4 is 20.9 Å². The van der Waals surface area contributed by atoms with Crippen LogP contribution in [0.15, 0.2) is 35.2 Å². The van der Waals surface area contributed by atoms with Gasteiger partial charge in [0.1, 0.15) is 10.1 Å². The number of unbranched alkanes of at least 4 members (excludes halogenated alkanes) is 20. The molecule has 0 aliphatic heterocycles. The molecule has 3 nitrogen and oxygen atoms in total. The van der Waals surface area contributed by atoms with Gasteiger partial charge in [-0.1, -0.05) is 167 Å². The van der Waals surface area contributed by atoms with E-state index in [1.807, 2.05) is 18.2 Å². The molecule has 0 aliphatic rings. The van der Waals surface area contributed by atoms with E-state index < -0.39 is 10.1 Å². The fraction of sp³-hybridized carbons (Fsp3) is 0.722. The molecule has 0 saturated carbocycles. The van der Waals surface area contributed by atoms with E-state index in [1.54, 1.807) is 6.07 Å². The fourth-order valence-corrected chi connectivity index (χ4v) is 6.92. The van der Waals surface area contributed by atoms with Crippen molar-refractivity contribution in [2.24, 2.45) is 0 Å². The van der Waals surface area contributed by atoms with Gasteiger partial charge in [0, 0.05) is 0 Å². The first-order valence-corrected chi connectivity index (χ1v) is 18.4. The van der Waals surface area contributed by atoms with Gasteiger partial charge in [-0.2, -0.15) is 0 Å². The van der Waals surface area contributed by atoms with Gasteiger partial charge in [0.05, 0.1) is 4.90 Å². The van der Waals surface area contributed by atoms with Crippen molar-refractivity contribution in [2.75, 3.05) is 0 Å². The van der Waals surface area contributed by atoms with Crippen molar-refractivity contribution < 1.29 is 42.5 Å². The number of aryl methyl sites for hydroxylation is 2. The molecule has 0 amide bonds. The Balaban J connectivity index is 0.00000840. The molecule has 2 aromatic carbocycles. The van der Waals surface area contributed by atoms with Gasteiger partial charge in [-0.3, -0.25) is 0 Å². The number of rotatable bonds is 25. The van der Waals surface area contributed by atoms with E-state index in [9.17, 15) is 13.0 Å². The van der Waals surface area contributed by atoms with Crippen molar-refractivity contribution in [3.63, 3.8) is 0 Å². The summed E-state index contributed by atoms with van der Waals surface area (Å²) < 4.78 is 37.1. The topological polar surface area (TPSA) is 57.2 Å². The molecule has 0 aliphatic carbocycles. The van der Waals surface area contributed by atoms with Crippen LogP contribution < -0.4 is 29.6 Å². The molecule has 0 N–H and O–H groups in total. The molecule has 0 atom stereocenters. The Hall–Kier alpha value is -0.390. The third-order valence-corrected chi connectivity index (χ3v) is 9.45. The summed E-state index contributed by atoms with van der Waals surface area (Å²) in [4.78, 5) is 0.0244. The van der Waals surface area contributed by atoms with Crippen molar-refractivity contribution in [1.29, 1.82) is 0 Å². The summed E-state index contributed by atoms with van der Waals surface area (Å²) in [6.07, 6.45) is 29.5. The van der Waals surface area contributed by atoms with Crippen LogP contribution in [0, 0.1) is 0 Å². The molecule has 41 heavy (non-hydrogen) atoms. The van der Waals surface area contributed by atoms with Gasteiger partial charge in [0.25, 0.3) is 0 Å². The first-order chi connectivity index (χ1) is 19.5. The molecule has 2 rings (SSSR count). The quantitative estimate of drug-likeness (QED) is 0.0658. The van der Waals surface area contributed by atoms with E-state index in [-0.39, 0.29) is 34.5 Å². The second-order valence-corrected chi connectivity index (χ2v) is 13.4. The van der Waals surface area contributed by atoms with Gasteiger partial charge >= 0.3 is 29.6 Å². The standard InChI is InChI=1S/C36H60O3S.Na/c1-3-5-7-9-11-13-15-17-19-21-23-27-32-31-36(40(37,38)39)35(34-29-26-25-28-33(32)34)30-24-22-20-18-16-14-12-10-8-6-4-2;/h25-26,28-29,31H,3-24,27,30H2,1-2H3,(H,37,38,39);/q;+1/p-1. The molecule has 228 valence electrons. The number of hydrogen-bond acceptors (Lipinski definition) is 3. The Kier molecular flexibility index (Phi) is 22.6. The van der Waals surface area contributed by atoms with E-state index >= 15 is 0 Å². The van der Waals surface area contributed by atoms with Crippen molar-refractivity contribution in [1.82, 2.24) is 0 Å². The molecule has 0 heterocycles. The van der Waals surface area contributed by atoms with Gasteiger partial charge in [-0.15, -0.1) is 0 Å². The van der Waals surface area contributed by atoms with Crippen LogP contribution >= 0.6 is 0 Å². The molecule has 0 bridgehead atoms. The number of hydrogen-bond donors (Lipinski definition) is 0. The molecule has 0 spiro atoms. The fourth-order valence-electron chi connectivity index (χ4n) is 6.12. The maximum Gasteiger partial charge on any atom is 1.00 e. The summed E-state index contributed by atoms with van der Waals surface area (Å²) in [5, 5.41) is 2.09. The van der Waals surface area contributed by atoms with Gasteiger partial charge < -0.3 is 4.55 Å². The maximum atomic E-state index is 12.4. The zero-order valence-electron chi connectivity index (χ0n) is 27.0. The molecular formula is C36H59NaO3S. The van der Waals surface area contributed by atoms with Crippen molar-refractivity contribution in [2.45, 2.75) is 173 Å². The summed E-state index contributed by atoms with van der Waals surface area (Å²) in [5.74, 6) is 0. The Morgan fingerprint density at radius 3 is 1.32 bits per heavy atom. The van der Waals surface area contributed by atoms with Crippen LogP contribution in [0.3, 0.4) is 0 Å². The summed E-state index contributed by atoms with van der Waals surface area (Å²) in [6.45, 7) is 4.52. The van der Waals surface area contributed by atoms with Crippen LogP contribution in [0.4, 0.5) is 0 Å². The van der Waals surface area contributed by atoms with E-state index in [4.69, 9.17) is 0 Å². The summed E-state index contributed by atoms with van der Waals surface area (Å²) in [6, 6.07) is 9.84. The molecule has 0 aromatic heterocycles. The molecule has 0 radical (unpaired) electrons. The average molecular weight is 595 g/mol. The Morgan fingerprint density at radius 1 is 0.537 bits per heavy atom. The van der Waals surface area contributed by atoms with Gasteiger partial charge in [0.2, 0.25) is 0 Å². The zero-order chi connectivity index (χ0) is 28.9. The molecule has 5 heteroatoms. The molecule has 2 aromatic rings. The largest absolute Gasteiger partial charge is 1.00 e. The minimum atomic E-state index is -4.52. The van der Waals surface area contributed by atoms with Gasteiger partial charge in [0.15, 0.2) is 0 Å². The number of benzene rings is 2. The minimum absolute atomic E-state index is 0. The zero-order valence-corrected chi connectivity index (χ0v) is 29.8. The average Bonchev–Trinajstić information content (AvgIpc) is 2.94. The smallest absolute Gasteiger partial charge is 0.744 e. The molecule has 0 saturated heterocycles.